The lowest BCUT2D eigenvalue weighted by atomic mass is 10.1. The fourth-order valence-corrected chi connectivity index (χ4v) is 2.26. The molecule has 20 heavy (non-hydrogen) atoms. The van der Waals surface area contributed by atoms with Crippen LogP contribution in [-0.2, 0) is 0 Å². The van der Waals surface area contributed by atoms with E-state index >= 15 is 0 Å². The standard InChI is InChI=1S/C15H9Cl2FN2/c16-12-4-2-10(8-13(12)17)20-14-5-6-19-15-7-9(18)1-3-11(14)15/h1-8H,(H,19,20). The van der Waals surface area contributed by atoms with Gasteiger partial charge in [0.2, 0.25) is 0 Å². The average molecular weight is 307 g/mol. The Morgan fingerprint density at radius 1 is 0.950 bits per heavy atom. The molecule has 0 radical (unpaired) electrons. The molecule has 0 saturated carbocycles. The highest BCUT2D eigenvalue weighted by atomic mass is 35.5. The fourth-order valence-electron chi connectivity index (χ4n) is 1.96. The molecule has 0 bridgehead atoms. The van der Waals surface area contributed by atoms with Gasteiger partial charge in [0.25, 0.3) is 0 Å². The minimum Gasteiger partial charge on any atom is -0.355 e. The van der Waals surface area contributed by atoms with Crippen LogP contribution in [0.3, 0.4) is 0 Å². The number of pyridine rings is 1. The maximum atomic E-state index is 13.2. The van der Waals surface area contributed by atoms with Gasteiger partial charge in [0.15, 0.2) is 0 Å². The first-order chi connectivity index (χ1) is 9.63. The van der Waals surface area contributed by atoms with E-state index in [9.17, 15) is 4.39 Å². The van der Waals surface area contributed by atoms with Crippen molar-refractivity contribution in [3.63, 3.8) is 0 Å². The smallest absolute Gasteiger partial charge is 0.125 e. The highest BCUT2D eigenvalue weighted by Gasteiger charge is 2.05. The molecule has 1 aromatic heterocycles. The third-order valence-corrected chi connectivity index (χ3v) is 3.64. The Kier molecular flexibility index (Phi) is 3.47. The second kappa shape index (κ2) is 5.27. The van der Waals surface area contributed by atoms with Crippen molar-refractivity contribution in [2.24, 2.45) is 0 Å². The molecule has 3 aromatic rings. The number of nitrogens with zero attached hydrogens (tertiary/aromatic N) is 1. The predicted molar refractivity (Wildman–Crippen MR) is 81.4 cm³/mol. The van der Waals surface area contributed by atoms with Crippen molar-refractivity contribution < 1.29 is 4.39 Å². The molecule has 3 rings (SSSR count). The molecule has 0 atom stereocenters. The van der Waals surface area contributed by atoms with Gasteiger partial charge in [-0.2, -0.15) is 0 Å². The zero-order valence-corrected chi connectivity index (χ0v) is 11.7. The van der Waals surface area contributed by atoms with Crippen molar-refractivity contribution in [3.05, 3.63) is 64.5 Å². The van der Waals surface area contributed by atoms with E-state index in [0.29, 0.717) is 15.6 Å². The van der Waals surface area contributed by atoms with E-state index in [0.717, 1.165) is 16.8 Å². The number of anilines is 2. The molecule has 0 aliphatic rings. The Morgan fingerprint density at radius 3 is 2.60 bits per heavy atom. The maximum absolute atomic E-state index is 13.2. The topological polar surface area (TPSA) is 24.9 Å². The molecule has 1 N–H and O–H groups in total. The average Bonchev–Trinajstić information content (AvgIpc) is 2.43. The van der Waals surface area contributed by atoms with E-state index in [4.69, 9.17) is 23.2 Å². The summed E-state index contributed by atoms with van der Waals surface area (Å²) in [6.07, 6.45) is 1.63. The molecule has 2 nitrogen and oxygen atoms in total. The zero-order valence-electron chi connectivity index (χ0n) is 10.2. The molecular weight excluding hydrogens is 298 g/mol. The summed E-state index contributed by atoms with van der Waals surface area (Å²) in [6, 6.07) is 11.6. The van der Waals surface area contributed by atoms with E-state index in [1.54, 1.807) is 24.4 Å². The van der Waals surface area contributed by atoms with Gasteiger partial charge in [-0.15, -0.1) is 0 Å². The second-order valence-corrected chi connectivity index (χ2v) is 5.09. The summed E-state index contributed by atoms with van der Waals surface area (Å²) in [5.41, 5.74) is 2.22. The van der Waals surface area contributed by atoms with Gasteiger partial charge in [0.05, 0.1) is 15.6 Å². The Morgan fingerprint density at radius 2 is 1.80 bits per heavy atom. The molecule has 1 heterocycles. The normalized spacial score (nSPS) is 10.8. The Balaban J connectivity index is 2.04. The summed E-state index contributed by atoms with van der Waals surface area (Å²) < 4.78 is 13.2. The van der Waals surface area contributed by atoms with Gasteiger partial charge in [-0.05, 0) is 36.4 Å². The molecule has 0 saturated heterocycles. The van der Waals surface area contributed by atoms with Crippen LogP contribution in [0.2, 0.25) is 10.0 Å². The van der Waals surface area contributed by atoms with E-state index < -0.39 is 0 Å². The number of rotatable bonds is 2. The van der Waals surface area contributed by atoms with Gasteiger partial charge in [-0.25, -0.2) is 4.39 Å². The van der Waals surface area contributed by atoms with Crippen LogP contribution in [0.1, 0.15) is 0 Å². The monoisotopic (exact) mass is 306 g/mol. The molecular formula is C15H9Cl2FN2. The first-order valence-electron chi connectivity index (χ1n) is 5.90. The zero-order chi connectivity index (χ0) is 14.1. The van der Waals surface area contributed by atoms with Gasteiger partial charge < -0.3 is 5.32 Å². The van der Waals surface area contributed by atoms with Crippen molar-refractivity contribution in [1.82, 2.24) is 4.98 Å². The molecule has 0 spiro atoms. The molecule has 0 fully saturated rings. The van der Waals surface area contributed by atoms with Gasteiger partial charge in [0.1, 0.15) is 5.82 Å². The minimum atomic E-state index is -0.309. The molecule has 0 amide bonds. The summed E-state index contributed by atoms with van der Waals surface area (Å²) in [4.78, 5) is 4.15. The number of fused-ring (bicyclic) bond motifs is 1. The summed E-state index contributed by atoms with van der Waals surface area (Å²) in [6.45, 7) is 0. The number of benzene rings is 2. The van der Waals surface area contributed by atoms with Crippen LogP contribution < -0.4 is 5.32 Å². The summed E-state index contributed by atoms with van der Waals surface area (Å²) in [7, 11) is 0. The third-order valence-electron chi connectivity index (χ3n) is 2.90. The first kappa shape index (κ1) is 13.2. The largest absolute Gasteiger partial charge is 0.355 e. The van der Waals surface area contributed by atoms with E-state index in [1.807, 2.05) is 12.1 Å². The Bertz CT molecular complexity index is 790. The summed E-state index contributed by atoms with van der Waals surface area (Å²) in [5, 5.41) is 5.03. The molecule has 5 heteroatoms. The molecule has 0 aliphatic carbocycles. The van der Waals surface area contributed by atoms with Crippen LogP contribution in [0.15, 0.2) is 48.7 Å². The van der Waals surface area contributed by atoms with Gasteiger partial charge in [-0.1, -0.05) is 23.2 Å². The molecule has 100 valence electrons. The molecule has 0 unspecified atom stereocenters. The lowest BCUT2D eigenvalue weighted by Gasteiger charge is -2.10. The number of halogens is 3. The summed E-state index contributed by atoms with van der Waals surface area (Å²) in [5.74, 6) is -0.309. The number of nitrogens with one attached hydrogen (secondary N) is 1. The highest BCUT2D eigenvalue weighted by Crippen LogP contribution is 2.29. The Hall–Kier alpha value is -1.84. The van der Waals surface area contributed by atoms with Crippen LogP contribution >= 0.6 is 23.2 Å². The van der Waals surface area contributed by atoms with Crippen LogP contribution in [0, 0.1) is 5.82 Å². The van der Waals surface area contributed by atoms with Gasteiger partial charge in [-0.3, -0.25) is 4.98 Å². The number of hydrogen-bond donors (Lipinski definition) is 1. The van der Waals surface area contributed by atoms with Crippen LogP contribution in [0.5, 0.6) is 0 Å². The number of hydrogen-bond acceptors (Lipinski definition) is 2. The predicted octanol–water partition coefficient (Wildman–Crippen LogP) is 5.42. The SMILES string of the molecule is Fc1ccc2c(Nc3ccc(Cl)c(Cl)c3)ccnc2c1. The van der Waals surface area contributed by atoms with Crippen molar-refractivity contribution in [1.29, 1.82) is 0 Å². The Labute approximate surface area is 125 Å². The fraction of sp³-hybridized carbons (Fsp3) is 0. The summed E-state index contributed by atoms with van der Waals surface area (Å²) >= 11 is 11.9. The van der Waals surface area contributed by atoms with Crippen molar-refractivity contribution in [3.8, 4) is 0 Å². The second-order valence-electron chi connectivity index (χ2n) is 4.27. The first-order valence-corrected chi connectivity index (χ1v) is 6.65. The van der Waals surface area contributed by atoms with Crippen molar-refractivity contribution >= 4 is 45.5 Å². The quantitative estimate of drug-likeness (QED) is 0.683. The van der Waals surface area contributed by atoms with Crippen molar-refractivity contribution in [2.75, 3.05) is 5.32 Å². The van der Waals surface area contributed by atoms with Gasteiger partial charge in [0, 0.05) is 29.0 Å². The minimum absolute atomic E-state index is 0.309. The maximum Gasteiger partial charge on any atom is 0.125 e. The number of aromatic nitrogens is 1. The van der Waals surface area contributed by atoms with E-state index in [2.05, 4.69) is 10.3 Å². The molecule has 0 aliphatic heterocycles. The van der Waals surface area contributed by atoms with Crippen LogP contribution in [-0.4, -0.2) is 4.98 Å². The van der Waals surface area contributed by atoms with Gasteiger partial charge >= 0.3 is 0 Å². The van der Waals surface area contributed by atoms with E-state index in [-0.39, 0.29) is 5.82 Å². The third kappa shape index (κ3) is 2.55. The van der Waals surface area contributed by atoms with Crippen LogP contribution in [0.25, 0.3) is 10.9 Å². The van der Waals surface area contributed by atoms with Crippen LogP contribution in [0.4, 0.5) is 15.8 Å². The van der Waals surface area contributed by atoms with E-state index in [1.165, 1.54) is 12.1 Å². The lowest BCUT2D eigenvalue weighted by molar-refractivity contribution is 0.629. The van der Waals surface area contributed by atoms with Crippen molar-refractivity contribution in [2.45, 2.75) is 0 Å². The lowest BCUT2D eigenvalue weighted by Crippen LogP contribution is -1.93. The molecule has 2 aromatic carbocycles. The highest BCUT2D eigenvalue weighted by molar-refractivity contribution is 6.42.